The lowest BCUT2D eigenvalue weighted by Gasteiger charge is -2.25. The zero-order valence-corrected chi connectivity index (χ0v) is 13.2. The molecule has 0 fully saturated rings. The van der Waals surface area contributed by atoms with Gasteiger partial charge in [-0.2, -0.15) is 0 Å². The van der Waals surface area contributed by atoms with E-state index in [2.05, 4.69) is 66.1 Å². The van der Waals surface area contributed by atoms with Crippen LogP contribution in [-0.4, -0.2) is 16.1 Å². The number of hydrogen-bond acceptors (Lipinski definition) is 2. The Kier molecular flexibility index (Phi) is 4.11. The zero-order valence-electron chi connectivity index (χ0n) is 13.2. The van der Waals surface area contributed by atoms with Gasteiger partial charge in [0.2, 0.25) is 0 Å². The predicted molar refractivity (Wildman–Crippen MR) is 86.5 cm³/mol. The summed E-state index contributed by atoms with van der Waals surface area (Å²) in [6.07, 6.45) is 6.34. The minimum absolute atomic E-state index is 0.396. The van der Waals surface area contributed by atoms with E-state index in [1.54, 1.807) is 0 Å². The maximum Gasteiger partial charge on any atom is 0.111 e. The molecule has 0 saturated heterocycles. The number of rotatable bonds is 5. The molecule has 2 unspecified atom stereocenters. The summed E-state index contributed by atoms with van der Waals surface area (Å²) >= 11 is 0. The fraction of sp³-hybridized carbons (Fsp3) is 0.500. The van der Waals surface area contributed by atoms with E-state index in [1.165, 1.54) is 17.0 Å². The minimum atomic E-state index is 0.396. The number of nitrogens with one attached hydrogen (secondary N) is 1. The van der Waals surface area contributed by atoms with Crippen molar-refractivity contribution in [3.63, 3.8) is 0 Å². The maximum atomic E-state index is 4.57. The van der Waals surface area contributed by atoms with Crippen LogP contribution in [0.15, 0.2) is 36.7 Å². The molecule has 0 aliphatic heterocycles. The van der Waals surface area contributed by atoms with Crippen molar-refractivity contribution >= 4 is 0 Å². The van der Waals surface area contributed by atoms with E-state index in [-0.39, 0.29) is 0 Å². The van der Waals surface area contributed by atoms with Crippen molar-refractivity contribution in [3.8, 4) is 0 Å². The Morgan fingerprint density at radius 3 is 2.90 bits per heavy atom. The van der Waals surface area contributed by atoms with Gasteiger partial charge < -0.3 is 9.88 Å². The summed E-state index contributed by atoms with van der Waals surface area (Å²) in [5.74, 6) is 1.65. The number of aromatic nitrogens is 2. The van der Waals surface area contributed by atoms with Crippen LogP contribution in [0.5, 0.6) is 0 Å². The van der Waals surface area contributed by atoms with Crippen molar-refractivity contribution in [2.24, 2.45) is 0 Å². The van der Waals surface area contributed by atoms with E-state index in [9.17, 15) is 0 Å². The summed E-state index contributed by atoms with van der Waals surface area (Å²) in [7, 11) is 0. The quantitative estimate of drug-likeness (QED) is 0.903. The largest absolute Gasteiger partial charge is 0.329 e. The summed E-state index contributed by atoms with van der Waals surface area (Å²) in [6, 6.07) is 9.67. The van der Waals surface area contributed by atoms with Crippen LogP contribution in [0, 0.1) is 0 Å². The van der Waals surface area contributed by atoms with Crippen LogP contribution >= 0.6 is 0 Å². The first-order valence-corrected chi connectivity index (χ1v) is 8.06. The molecule has 1 aromatic heterocycles. The SMILES string of the molecule is CCCNC1c2ccccc2CC1n1ccnc1C(C)C. The highest BCUT2D eigenvalue weighted by Crippen LogP contribution is 2.40. The summed E-state index contributed by atoms with van der Waals surface area (Å²) in [6.45, 7) is 7.71. The van der Waals surface area contributed by atoms with Gasteiger partial charge in [-0.15, -0.1) is 0 Å². The Labute approximate surface area is 127 Å². The molecule has 3 heteroatoms. The van der Waals surface area contributed by atoms with Crippen LogP contribution in [0.4, 0.5) is 0 Å². The molecule has 1 aliphatic carbocycles. The van der Waals surface area contributed by atoms with Crippen LogP contribution in [-0.2, 0) is 6.42 Å². The molecule has 1 aliphatic rings. The second kappa shape index (κ2) is 6.02. The first-order valence-electron chi connectivity index (χ1n) is 8.06. The van der Waals surface area contributed by atoms with Crippen LogP contribution in [0.3, 0.4) is 0 Å². The summed E-state index contributed by atoms with van der Waals surface area (Å²) in [4.78, 5) is 4.57. The van der Waals surface area contributed by atoms with E-state index in [0.717, 1.165) is 19.4 Å². The number of fused-ring (bicyclic) bond motifs is 1. The van der Waals surface area contributed by atoms with Crippen LogP contribution in [0.25, 0.3) is 0 Å². The first kappa shape index (κ1) is 14.3. The van der Waals surface area contributed by atoms with Crippen molar-refractivity contribution in [2.45, 2.75) is 51.6 Å². The number of hydrogen-bond donors (Lipinski definition) is 1. The lowest BCUT2D eigenvalue weighted by atomic mass is 10.1. The molecular weight excluding hydrogens is 258 g/mol. The molecule has 0 spiro atoms. The third kappa shape index (κ3) is 2.62. The molecule has 2 atom stereocenters. The Hall–Kier alpha value is -1.61. The average molecular weight is 283 g/mol. The van der Waals surface area contributed by atoms with Gasteiger partial charge in [-0.25, -0.2) is 4.98 Å². The van der Waals surface area contributed by atoms with Gasteiger partial charge in [0.1, 0.15) is 5.82 Å². The molecule has 112 valence electrons. The van der Waals surface area contributed by atoms with Crippen molar-refractivity contribution in [1.82, 2.24) is 14.9 Å². The fourth-order valence-corrected chi connectivity index (χ4v) is 3.43. The second-order valence-corrected chi connectivity index (χ2v) is 6.25. The van der Waals surface area contributed by atoms with E-state index < -0.39 is 0 Å². The molecule has 3 rings (SSSR count). The molecule has 0 radical (unpaired) electrons. The predicted octanol–water partition coefficient (Wildman–Crippen LogP) is 3.84. The van der Waals surface area contributed by atoms with Gasteiger partial charge in [0, 0.05) is 18.3 Å². The molecule has 0 bridgehead atoms. The standard InChI is InChI=1S/C18H25N3/c1-4-9-19-17-15-8-6-5-7-14(15)12-16(17)21-11-10-20-18(21)13(2)3/h5-8,10-11,13,16-17,19H,4,9,12H2,1-3H3. The molecule has 0 amide bonds. The molecule has 21 heavy (non-hydrogen) atoms. The Balaban J connectivity index is 1.96. The van der Waals surface area contributed by atoms with Gasteiger partial charge in [-0.05, 0) is 30.5 Å². The average Bonchev–Trinajstić information content (AvgIpc) is 3.09. The number of nitrogens with zero attached hydrogens (tertiary/aromatic N) is 2. The smallest absolute Gasteiger partial charge is 0.111 e. The molecule has 1 heterocycles. The van der Waals surface area contributed by atoms with Gasteiger partial charge in [0.05, 0.1) is 12.1 Å². The highest BCUT2D eigenvalue weighted by Gasteiger charge is 2.34. The highest BCUT2D eigenvalue weighted by molar-refractivity contribution is 5.37. The van der Waals surface area contributed by atoms with Crippen molar-refractivity contribution in [3.05, 3.63) is 53.6 Å². The number of imidazole rings is 1. The lowest BCUT2D eigenvalue weighted by Crippen LogP contribution is -2.29. The molecule has 1 aromatic carbocycles. The number of benzene rings is 1. The van der Waals surface area contributed by atoms with Crippen LogP contribution in [0.2, 0.25) is 0 Å². The Morgan fingerprint density at radius 2 is 2.14 bits per heavy atom. The third-order valence-corrected chi connectivity index (χ3v) is 4.39. The van der Waals surface area contributed by atoms with Gasteiger partial charge >= 0.3 is 0 Å². The van der Waals surface area contributed by atoms with Gasteiger partial charge in [-0.1, -0.05) is 45.0 Å². The molecule has 1 N–H and O–H groups in total. The summed E-state index contributed by atoms with van der Waals surface area (Å²) < 4.78 is 2.39. The zero-order chi connectivity index (χ0) is 14.8. The van der Waals surface area contributed by atoms with Crippen molar-refractivity contribution in [2.75, 3.05) is 6.54 Å². The second-order valence-electron chi connectivity index (χ2n) is 6.25. The topological polar surface area (TPSA) is 29.9 Å². The minimum Gasteiger partial charge on any atom is -0.329 e. The van der Waals surface area contributed by atoms with E-state index in [1.807, 2.05) is 6.20 Å². The van der Waals surface area contributed by atoms with Gasteiger partial charge in [0.25, 0.3) is 0 Å². The van der Waals surface area contributed by atoms with Crippen molar-refractivity contribution < 1.29 is 0 Å². The molecule has 0 saturated carbocycles. The van der Waals surface area contributed by atoms with Gasteiger partial charge in [-0.3, -0.25) is 0 Å². The highest BCUT2D eigenvalue weighted by atomic mass is 15.1. The monoisotopic (exact) mass is 283 g/mol. The fourth-order valence-electron chi connectivity index (χ4n) is 3.43. The molecule has 3 nitrogen and oxygen atoms in total. The van der Waals surface area contributed by atoms with Crippen LogP contribution < -0.4 is 5.32 Å². The summed E-state index contributed by atoms with van der Waals surface area (Å²) in [5.41, 5.74) is 2.93. The van der Waals surface area contributed by atoms with E-state index >= 15 is 0 Å². The normalized spacial score (nSPS) is 21.0. The summed E-state index contributed by atoms with van der Waals surface area (Å²) in [5, 5.41) is 3.74. The maximum absolute atomic E-state index is 4.57. The Morgan fingerprint density at radius 1 is 1.33 bits per heavy atom. The van der Waals surface area contributed by atoms with Crippen LogP contribution in [0.1, 0.15) is 62.1 Å². The third-order valence-electron chi connectivity index (χ3n) is 4.39. The van der Waals surface area contributed by atoms with Gasteiger partial charge in [0.15, 0.2) is 0 Å². The van der Waals surface area contributed by atoms with E-state index in [0.29, 0.717) is 18.0 Å². The Bertz CT molecular complexity index is 600. The molecule has 2 aromatic rings. The van der Waals surface area contributed by atoms with E-state index in [4.69, 9.17) is 0 Å². The lowest BCUT2D eigenvalue weighted by molar-refractivity contribution is 0.369. The molecular formula is C18H25N3. The first-order chi connectivity index (χ1) is 10.2. The van der Waals surface area contributed by atoms with Crippen molar-refractivity contribution in [1.29, 1.82) is 0 Å².